The number of fused-ring (bicyclic) bond motifs is 1. The lowest BCUT2D eigenvalue weighted by Gasteiger charge is -2.07. The lowest BCUT2D eigenvalue weighted by molar-refractivity contribution is -0.134. The normalized spacial score (nSPS) is 10.7. The summed E-state index contributed by atoms with van der Waals surface area (Å²) < 4.78 is 21.9. The van der Waals surface area contributed by atoms with Crippen molar-refractivity contribution in [2.24, 2.45) is 0 Å². The van der Waals surface area contributed by atoms with E-state index >= 15 is 0 Å². The molecule has 0 aliphatic rings. The molecule has 0 radical (unpaired) electrons. The van der Waals surface area contributed by atoms with Crippen LogP contribution in [0.5, 0.6) is 17.2 Å². The summed E-state index contributed by atoms with van der Waals surface area (Å²) in [7, 11) is 1.61. The van der Waals surface area contributed by atoms with Crippen LogP contribution in [0.2, 0.25) is 0 Å². The Morgan fingerprint density at radius 1 is 1.00 bits per heavy atom. The van der Waals surface area contributed by atoms with Gasteiger partial charge in [-0.2, -0.15) is 0 Å². The minimum Gasteiger partial charge on any atom is -0.497 e. The first-order valence-corrected chi connectivity index (χ1v) is 9.51. The molecule has 2 aromatic carbocycles. The Labute approximate surface area is 173 Å². The Bertz CT molecular complexity index is 1120. The van der Waals surface area contributed by atoms with E-state index < -0.39 is 0 Å². The molecule has 7 heteroatoms. The number of hydrogen-bond acceptors (Lipinski definition) is 7. The number of carbonyl (C=O) groups is 1. The van der Waals surface area contributed by atoms with Gasteiger partial charge in [-0.1, -0.05) is 6.07 Å². The Morgan fingerprint density at radius 3 is 2.57 bits per heavy atom. The second-order valence-corrected chi connectivity index (χ2v) is 6.47. The van der Waals surface area contributed by atoms with Gasteiger partial charge in [-0.15, -0.1) is 0 Å². The molecule has 0 fully saturated rings. The van der Waals surface area contributed by atoms with E-state index in [9.17, 15) is 4.79 Å². The Kier molecular flexibility index (Phi) is 5.89. The predicted molar refractivity (Wildman–Crippen MR) is 111 cm³/mol. The molecule has 2 heterocycles. The first kappa shape index (κ1) is 19.4. The number of benzene rings is 2. The molecule has 4 rings (SSSR count). The van der Waals surface area contributed by atoms with Crippen LogP contribution >= 0.6 is 0 Å². The minimum absolute atomic E-state index is 0.240. The van der Waals surface area contributed by atoms with Crippen molar-refractivity contribution in [1.82, 2.24) is 9.97 Å². The van der Waals surface area contributed by atoms with Gasteiger partial charge in [-0.3, -0.25) is 9.78 Å². The van der Waals surface area contributed by atoms with Crippen molar-refractivity contribution in [3.8, 4) is 28.8 Å². The summed E-state index contributed by atoms with van der Waals surface area (Å²) in [6, 6.07) is 17.9. The van der Waals surface area contributed by atoms with Gasteiger partial charge in [0, 0.05) is 18.7 Å². The maximum Gasteiger partial charge on any atom is 0.311 e. The van der Waals surface area contributed by atoms with E-state index in [1.165, 1.54) is 0 Å². The van der Waals surface area contributed by atoms with E-state index in [0.29, 0.717) is 41.5 Å². The van der Waals surface area contributed by atoms with Crippen molar-refractivity contribution < 1.29 is 23.4 Å². The average Bonchev–Trinajstić information content (AvgIpc) is 3.21. The van der Waals surface area contributed by atoms with Crippen LogP contribution in [0.3, 0.4) is 0 Å². The van der Waals surface area contributed by atoms with Crippen LogP contribution in [0.25, 0.3) is 22.7 Å². The first-order chi connectivity index (χ1) is 14.7. The van der Waals surface area contributed by atoms with Crippen LogP contribution in [-0.4, -0.2) is 29.7 Å². The number of oxazole rings is 1. The number of pyridine rings is 1. The van der Waals surface area contributed by atoms with Crippen LogP contribution in [0, 0.1) is 0 Å². The summed E-state index contributed by atoms with van der Waals surface area (Å²) >= 11 is 0. The third-order valence-corrected chi connectivity index (χ3v) is 4.33. The number of esters is 1. The van der Waals surface area contributed by atoms with Crippen molar-refractivity contribution in [2.75, 3.05) is 13.7 Å². The highest BCUT2D eigenvalue weighted by Crippen LogP contribution is 2.26. The first-order valence-electron chi connectivity index (χ1n) is 9.51. The maximum absolute atomic E-state index is 12.1. The van der Waals surface area contributed by atoms with Crippen molar-refractivity contribution in [3.63, 3.8) is 0 Å². The lowest BCUT2D eigenvalue weighted by Crippen LogP contribution is -2.09. The molecule has 0 aliphatic carbocycles. The van der Waals surface area contributed by atoms with Crippen molar-refractivity contribution in [3.05, 3.63) is 66.9 Å². The van der Waals surface area contributed by atoms with Crippen molar-refractivity contribution in [2.45, 2.75) is 12.8 Å². The molecule has 0 N–H and O–H groups in total. The van der Waals surface area contributed by atoms with Gasteiger partial charge in [0.25, 0.3) is 0 Å². The fourth-order valence-electron chi connectivity index (χ4n) is 2.83. The van der Waals surface area contributed by atoms with E-state index in [4.69, 9.17) is 18.6 Å². The number of ether oxygens (including phenoxy) is 3. The van der Waals surface area contributed by atoms with Crippen molar-refractivity contribution in [1.29, 1.82) is 0 Å². The Balaban J connectivity index is 1.29. The van der Waals surface area contributed by atoms with E-state index in [1.54, 1.807) is 31.5 Å². The zero-order valence-electron chi connectivity index (χ0n) is 16.4. The van der Waals surface area contributed by atoms with Gasteiger partial charge in [0.15, 0.2) is 5.58 Å². The van der Waals surface area contributed by atoms with Gasteiger partial charge in [0.2, 0.25) is 5.89 Å². The van der Waals surface area contributed by atoms with Crippen LogP contribution in [-0.2, 0) is 4.79 Å². The summed E-state index contributed by atoms with van der Waals surface area (Å²) in [6.07, 6.45) is 2.46. The van der Waals surface area contributed by atoms with Gasteiger partial charge in [0.1, 0.15) is 28.5 Å². The molecule has 0 saturated heterocycles. The molecule has 7 nitrogen and oxygen atoms in total. The lowest BCUT2D eigenvalue weighted by atomic mass is 10.3. The van der Waals surface area contributed by atoms with Crippen LogP contribution in [0.1, 0.15) is 12.8 Å². The number of hydrogen-bond donors (Lipinski definition) is 0. The van der Waals surface area contributed by atoms with E-state index in [2.05, 4.69) is 9.97 Å². The number of carbonyl (C=O) groups excluding carboxylic acids is 1. The second-order valence-electron chi connectivity index (χ2n) is 6.47. The number of methoxy groups -OCH3 is 1. The molecule has 0 saturated carbocycles. The Morgan fingerprint density at radius 2 is 1.80 bits per heavy atom. The van der Waals surface area contributed by atoms with Crippen LogP contribution in [0.4, 0.5) is 0 Å². The SMILES string of the molecule is COc1ccc(OCCCC(=O)Oc2ccc3nc(-c4ccccn4)oc3c2)cc1. The molecule has 152 valence electrons. The maximum atomic E-state index is 12.1. The molecular formula is C23H20N2O5. The third-order valence-electron chi connectivity index (χ3n) is 4.33. The molecule has 0 amide bonds. The molecule has 0 unspecified atom stereocenters. The van der Waals surface area contributed by atoms with Crippen LogP contribution < -0.4 is 14.2 Å². The summed E-state index contributed by atoms with van der Waals surface area (Å²) in [4.78, 5) is 20.8. The van der Waals surface area contributed by atoms with Gasteiger partial charge in [-0.05, 0) is 55.0 Å². The largest absolute Gasteiger partial charge is 0.497 e. The summed E-state index contributed by atoms with van der Waals surface area (Å²) in [5, 5.41) is 0. The van der Waals surface area contributed by atoms with Gasteiger partial charge >= 0.3 is 5.97 Å². The summed E-state index contributed by atoms with van der Waals surface area (Å²) in [5.41, 5.74) is 1.84. The molecule has 0 aliphatic heterocycles. The topological polar surface area (TPSA) is 83.7 Å². The zero-order chi connectivity index (χ0) is 20.8. The van der Waals surface area contributed by atoms with Crippen LogP contribution in [0.15, 0.2) is 71.3 Å². The molecule has 0 bridgehead atoms. The highest BCUT2D eigenvalue weighted by atomic mass is 16.5. The fourth-order valence-corrected chi connectivity index (χ4v) is 2.83. The minimum atomic E-state index is -0.336. The van der Waals surface area contributed by atoms with E-state index in [0.717, 1.165) is 11.5 Å². The van der Waals surface area contributed by atoms with Gasteiger partial charge in [-0.25, -0.2) is 4.98 Å². The van der Waals surface area contributed by atoms with Crippen molar-refractivity contribution >= 4 is 17.1 Å². The highest BCUT2D eigenvalue weighted by Gasteiger charge is 2.11. The smallest absolute Gasteiger partial charge is 0.311 e. The van der Waals surface area contributed by atoms with Gasteiger partial charge in [0.05, 0.1) is 13.7 Å². The zero-order valence-corrected chi connectivity index (χ0v) is 16.4. The molecule has 30 heavy (non-hydrogen) atoms. The quantitative estimate of drug-likeness (QED) is 0.240. The number of aromatic nitrogens is 2. The van der Waals surface area contributed by atoms with E-state index in [1.807, 2.05) is 42.5 Å². The summed E-state index contributed by atoms with van der Waals surface area (Å²) in [5.74, 6) is 1.99. The molecule has 4 aromatic rings. The highest BCUT2D eigenvalue weighted by molar-refractivity contribution is 5.79. The monoisotopic (exact) mass is 404 g/mol. The molecule has 0 atom stereocenters. The summed E-state index contributed by atoms with van der Waals surface area (Å²) in [6.45, 7) is 0.413. The molecule has 2 aromatic heterocycles. The van der Waals surface area contributed by atoms with E-state index in [-0.39, 0.29) is 12.4 Å². The Hall–Kier alpha value is -3.87. The third kappa shape index (κ3) is 4.75. The fraction of sp³-hybridized carbons (Fsp3) is 0.174. The molecule has 0 spiro atoms. The number of rotatable bonds is 8. The predicted octanol–water partition coefficient (Wildman–Crippen LogP) is 4.66. The molecular weight excluding hydrogens is 384 g/mol. The second kappa shape index (κ2) is 9.09. The standard InChI is InChI=1S/C23H20N2O5/c1-27-16-7-9-17(10-8-16)28-14-4-6-22(26)29-18-11-12-19-21(15-18)30-23(25-19)20-5-2-3-13-24-20/h2-3,5,7-13,15H,4,6,14H2,1H3. The van der Waals surface area contributed by atoms with Gasteiger partial charge < -0.3 is 18.6 Å². The number of nitrogens with zero attached hydrogens (tertiary/aromatic N) is 2. The average molecular weight is 404 g/mol.